The monoisotopic (exact) mass is 191 g/mol. The van der Waals surface area contributed by atoms with Gasteiger partial charge in [-0.05, 0) is 12.1 Å². The van der Waals surface area contributed by atoms with Crippen molar-refractivity contribution in [2.75, 3.05) is 6.54 Å². The van der Waals surface area contributed by atoms with E-state index < -0.39 is 0 Å². The van der Waals surface area contributed by atoms with E-state index in [1.165, 1.54) is 12.1 Å². The highest BCUT2D eigenvalue weighted by atomic mass is 19.1. The Labute approximate surface area is 80.6 Å². The van der Waals surface area contributed by atoms with Crippen LogP contribution >= 0.6 is 0 Å². The van der Waals surface area contributed by atoms with Crippen molar-refractivity contribution in [1.29, 1.82) is 0 Å². The molecule has 0 atom stereocenters. The Kier molecular flexibility index (Phi) is 1.58. The number of nitrogens with zero attached hydrogens (tertiary/aromatic N) is 2. The SMILES string of the molecule is Fc1ccc2c(c1)nc1n2CCNC1. The molecule has 72 valence electrons. The molecule has 0 saturated heterocycles. The van der Waals surface area contributed by atoms with Crippen LogP contribution in [-0.4, -0.2) is 16.1 Å². The quantitative estimate of drug-likeness (QED) is 0.679. The number of aromatic nitrogens is 2. The van der Waals surface area contributed by atoms with Gasteiger partial charge < -0.3 is 9.88 Å². The minimum Gasteiger partial charge on any atom is -0.326 e. The number of fused-ring (bicyclic) bond motifs is 3. The van der Waals surface area contributed by atoms with E-state index in [1.807, 2.05) is 0 Å². The third kappa shape index (κ3) is 1.04. The Morgan fingerprint density at radius 3 is 3.29 bits per heavy atom. The lowest BCUT2D eigenvalue weighted by Crippen LogP contribution is -2.28. The highest BCUT2D eigenvalue weighted by molar-refractivity contribution is 5.76. The predicted molar refractivity (Wildman–Crippen MR) is 51.4 cm³/mol. The van der Waals surface area contributed by atoms with Gasteiger partial charge in [0.25, 0.3) is 0 Å². The van der Waals surface area contributed by atoms with Gasteiger partial charge in [0.2, 0.25) is 0 Å². The van der Waals surface area contributed by atoms with Gasteiger partial charge in [-0.1, -0.05) is 0 Å². The van der Waals surface area contributed by atoms with Crippen molar-refractivity contribution in [3.05, 3.63) is 29.8 Å². The normalized spacial score (nSPS) is 15.8. The van der Waals surface area contributed by atoms with E-state index in [9.17, 15) is 4.39 Å². The summed E-state index contributed by atoms with van der Waals surface area (Å²) in [6.07, 6.45) is 0. The Bertz CT molecular complexity index is 489. The van der Waals surface area contributed by atoms with Gasteiger partial charge in [-0.3, -0.25) is 0 Å². The summed E-state index contributed by atoms with van der Waals surface area (Å²) in [5.41, 5.74) is 1.78. The second kappa shape index (κ2) is 2.78. The van der Waals surface area contributed by atoms with E-state index in [0.29, 0.717) is 0 Å². The average molecular weight is 191 g/mol. The van der Waals surface area contributed by atoms with Gasteiger partial charge >= 0.3 is 0 Å². The predicted octanol–water partition coefficient (Wildman–Crippen LogP) is 1.28. The molecular formula is C10H10FN3. The van der Waals surface area contributed by atoms with Crippen LogP contribution in [0, 0.1) is 5.82 Å². The first-order valence-electron chi connectivity index (χ1n) is 4.70. The van der Waals surface area contributed by atoms with Gasteiger partial charge in [0.15, 0.2) is 0 Å². The highest BCUT2D eigenvalue weighted by Crippen LogP contribution is 2.18. The van der Waals surface area contributed by atoms with Crippen molar-refractivity contribution in [3.63, 3.8) is 0 Å². The minimum atomic E-state index is -0.221. The minimum absolute atomic E-state index is 0.221. The van der Waals surface area contributed by atoms with Crippen molar-refractivity contribution in [2.24, 2.45) is 0 Å². The van der Waals surface area contributed by atoms with Crippen LogP contribution in [0.1, 0.15) is 5.82 Å². The molecule has 0 saturated carbocycles. The molecule has 2 aromatic rings. The van der Waals surface area contributed by atoms with Gasteiger partial charge in [0.1, 0.15) is 11.6 Å². The molecule has 0 aliphatic carbocycles. The largest absolute Gasteiger partial charge is 0.326 e. The number of halogens is 1. The molecule has 0 unspecified atom stereocenters. The maximum atomic E-state index is 12.9. The number of hydrogen-bond acceptors (Lipinski definition) is 2. The Hall–Kier alpha value is -1.42. The number of nitrogens with one attached hydrogen (secondary N) is 1. The van der Waals surface area contributed by atoms with E-state index in [0.717, 1.165) is 36.5 Å². The third-order valence-corrected chi connectivity index (χ3v) is 2.58. The molecule has 1 aromatic heterocycles. The van der Waals surface area contributed by atoms with Gasteiger partial charge in [-0.2, -0.15) is 0 Å². The lowest BCUT2D eigenvalue weighted by Gasteiger charge is -2.15. The molecule has 3 nitrogen and oxygen atoms in total. The molecule has 1 aromatic carbocycles. The average Bonchev–Trinajstić information content (AvgIpc) is 2.54. The molecule has 0 amide bonds. The van der Waals surface area contributed by atoms with Crippen LogP contribution in [0.15, 0.2) is 18.2 Å². The van der Waals surface area contributed by atoms with Crippen molar-refractivity contribution in [1.82, 2.24) is 14.9 Å². The second-order valence-corrected chi connectivity index (χ2v) is 3.49. The number of benzene rings is 1. The molecule has 2 heterocycles. The van der Waals surface area contributed by atoms with Crippen LogP contribution in [0.25, 0.3) is 11.0 Å². The van der Waals surface area contributed by atoms with Crippen LogP contribution in [0.4, 0.5) is 4.39 Å². The first-order chi connectivity index (χ1) is 6.84. The number of rotatable bonds is 0. The van der Waals surface area contributed by atoms with Gasteiger partial charge in [-0.15, -0.1) is 0 Å². The van der Waals surface area contributed by atoms with E-state index in [4.69, 9.17) is 0 Å². The first-order valence-corrected chi connectivity index (χ1v) is 4.70. The summed E-state index contributed by atoms with van der Waals surface area (Å²) in [5.74, 6) is 0.776. The zero-order chi connectivity index (χ0) is 9.54. The molecule has 1 aliphatic rings. The maximum Gasteiger partial charge on any atom is 0.125 e. The highest BCUT2D eigenvalue weighted by Gasteiger charge is 2.13. The summed E-state index contributed by atoms with van der Waals surface area (Å²) in [7, 11) is 0. The molecule has 4 heteroatoms. The van der Waals surface area contributed by atoms with Crippen molar-refractivity contribution >= 4 is 11.0 Å². The van der Waals surface area contributed by atoms with E-state index in [2.05, 4.69) is 14.9 Å². The van der Waals surface area contributed by atoms with Crippen LogP contribution < -0.4 is 5.32 Å². The summed E-state index contributed by atoms with van der Waals surface area (Å²) in [5, 5.41) is 3.24. The topological polar surface area (TPSA) is 29.9 Å². The van der Waals surface area contributed by atoms with E-state index in [-0.39, 0.29) is 5.82 Å². The standard InChI is InChI=1S/C10H10FN3/c11-7-1-2-9-8(5-7)13-10-6-12-3-4-14(9)10/h1-2,5,12H,3-4,6H2. The van der Waals surface area contributed by atoms with E-state index >= 15 is 0 Å². The maximum absolute atomic E-state index is 12.9. The number of imidazole rings is 1. The zero-order valence-electron chi connectivity index (χ0n) is 7.63. The molecule has 1 N–H and O–H groups in total. The van der Waals surface area contributed by atoms with Crippen molar-refractivity contribution in [2.45, 2.75) is 13.1 Å². The van der Waals surface area contributed by atoms with Gasteiger partial charge in [0.05, 0.1) is 17.6 Å². The Morgan fingerprint density at radius 1 is 1.43 bits per heavy atom. The zero-order valence-corrected chi connectivity index (χ0v) is 7.63. The summed E-state index contributed by atoms with van der Waals surface area (Å²) in [4.78, 5) is 4.37. The summed E-state index contributed by atoms with van der Waals surface area (Å²) >= 11 is 0. The lowest BCUT2D eigenvalue weighted by molar-refractivity contribution is 0.514. The van der Waals surface area contributed by atoms with E-state index in [1.54, 1.807) is 6.07 Å². The smallest absolute Gasteiger partial charge is 0.125 e. The molecule has 0 fully saturated rings. The fraction of sp³-hybridized carbons (Fsp3) is 0.300. The fourth-order valence-electron chi connectivity index (χ4n) is 1.93. The lowest BCUT2D eigenvalue weighted by atomic mass is 10.3. The molecule has 14 heavy (non-hydrogen) atoms. The van der Waals surface area contributed by atoms with Crippen LogP contribution in [0.3, 0.4) is 0 Å². The third-order valence-electron chi connectivity index (χ3n) is 2.58. The molecule has 3 rings (SSSR count). The summed E-state index contributed by atoms with van der Waals surface area (Å²) in [6, 6.07) is 4.77. The second-order valence-electron chi connectivity index (χ2n) is 3.49. The molecule has 0 spiro atoms. The summed E-state index contributed by atoms with van der Waals surface area (Å²) < 4.78 is 15.1. The Morgan fingerprint density at radius 2 is 2.36 bits per heavy atom. The van der Waals surface area contributed by atoms with Crippen molar-refractivity contribution in [3.8, 4) is 0 Å². The van der Waals surface area contributed by atoms with Crippen LogP contribution in [0.5, 0.6) is 0 Å². The molecule has 1 aliphatic heterocycles. The van der Waals surface area contributed by atoms with Gasteiger partial charge in [0, 0.05) is 19.2 Å². The Balaban J connectivity index is 2.31. The van der Waals surface area contributed by atoms with Crippen LogP contribution in [0.2, 0.25) is 0 Å². The van der Waals surface area contributed by atoms with Crippen LogP contribution in [-0.2, 0) is 13.1 Å². The van der Waals surface area contributed by atoms with Crippen molar-refractivity contribution < 1.29 is 4.39 Å². The fourth-order valence-corrected chi connectivity index (χ4v) is 1.93. The first kappa shape index (κ1) is 7.94. The molecular weight excluding hydrogens is 181 g/mol. The molecule has 0 bridgehead atoms. The van der Waals surface area contributed by atoms with Gasteiger partial charge in [-0.25, -0.2) is 9.37 Å². The summed E-state index contributed by atoms with van der Waals surface area (Å²) in [6.45, 7) is 2.64. The molecule has 0 radical (unpaired) electrons. The number of hydrogen-bond donors (Lipinski definition) is 1.